The van der Waals surface area contributed by atoms with E-state index < -0.39 is 0 Å². The van der Waals surface area contributed by atoms with Crippen LogP contribution in [0.1, 0.15) is 12.5 Å². The molecule has 0 radical (unpaired) electrons. The number of aromatic hydroxyl groups is 1. The maximum absolute atomic E-state index is 9.33. The average molecular weight is 149 g/mol. The molecule has 0 saturated carbocycles. The van der Waals surface area contributed by atoms with Crippen LogP contribution in [0, 0.1) is 0 Å². The van der Waals surface area contributed by atoms with Crippen LogP contribution in [0.15, 0.2) is 29.3 Å². The quantitative estimate of drug-likeness (QED) is 0.607. The number of nitrogens with zero attached hydrogens (tertiary/aromatic N) is 1. The number of hydrogen-bond acceptors (Lipinski definition) is 2. The lowest BCUT2D eigenvalue weighted by molar-refractivity contribution is 0.474. The zero-order chi connectivity index (χ0) is 8.27. The first-order valence-electron chi connectivity index (χ1n) is 3.47. The Kier molecular flexibility index (Phi) is 2.26. The Bertz CT molecular complexity index is 279. The molecular weight excluding hydrogens is 138 g/mol. The van der Waals surface area contributed by atoms with Gasteiger partial charge in [-0.15, -0.1) is 0 Å². The summed E-state index contributed by atoms with van der Waals surface area (Å²) in [6.07, 6.45) is 0. The van der Waals surface area contributed by atoms with Gasteiger partial charge in [-0.05, 0) is 19.1 Å². The second-order valence-electron chi connectivity index (χ2n) is 2.33. The number of rotatable bonds is 1. The van der Waals surface area contributed by atoms with Gasteiger partial charge in [-0.1, -0.05) is 12.1 Å². The van der Waals surface area contributed by atoms with E-state index in [0.29, 0.717) is 0 Å². The van der Waals surface area contributed by atoms with Crippen molar-refractivity contribution < 1.29 is 5.11 Å². The van der Waals surface area contributed by atoms with Gasteiger partial charge in [-0.3, -0.25) is 4.99 Å². The summed E-state index contributed by atoms with van der Waals surface area (Å²) in [5, 5.41) is 9.33. The third-order valence-corrected chi connectivity index (χ3v) is 1.63. The molecule has 0 spiro atoms. The summed E-state index contributed by atoms with van der Waals surface area (Å²) in [4.78, 5) is 3.98. The largest absolute Gasteiger partial charge is 0.507 e. The molecule has 0 aliphatic carbocycles. The third-order valence-electron chi connectivity index (χ3n) is 1.63. The van der Waals surface area contributed by atoms with Crippen molar-refractivity contribution in [2.24, 2.45) is 4.99 Å². The molecule has 0 bridgehead atoms. The van der Waals surface area contributed by atoms with Gasteiger partial charge in [0.05, 0.1) is 0 Å². The highest BCUT2D eigenvalue weighted by Crippen LogP contribution is 2.15. The standard InChI is InChI=1S/C9H11NO/c1-7(10-2)8-5-3-4-6-9(8)11/h3-6,11H,1-2H3. The van der Waals surface area contributed by atoms with E-state index in [2.05, 4.69) is 4.99 Å². The molecule has 1 aromatic rings. The zero-order valence-corrected chi connectivity index (χ0v) is 6.70. The molecule has 11 heavy (non-hydrogen) atoms. The van der Waals surface area contributed by atoms with Gasteiger partial charge in [0.2, 0.25) is 0 Å². The maximum Gasteiger partial charge on any atom is 0.124 e. The predicted molar refractivity (Wildman–Crippen MR) is 46.2 cm³/mol. The van der Waals surface area contributed by atoms with Crippen LogP contribution in [0.4, 0.5) is 0 Å². The Morgan fingerprint density at radius 3 is 2.55 bits per heavy atom. The van der Waals surface area contributed by atoms with Gasteiger partial charge in [0.15, 0.2) is 0 Å². The molecule has 0 amide bonds. The molecule has 0 heterocycles. The maximum atomic E-state index is 9.33. The lowest BCUT2D eigenvalue weighted by Gasteiger charge is -2.00. The van der Waals surface area contributed by atoms with Gasteiger partial charge in [-0.25, -0.2) is 0 Å². The molecule has 1 N–H and O–H groups in total. The second-order valence-corrected chi connectivity index (χ2v) is 2.33. The van der Waals surface area contributed by atoms with E-state index in [1.54, 1.807) is 19.2 Å². The lowest BCUT2D eigenvalue weighted by Crippen LogP contribution is -1.93. The molecule has 0 fully saturated rings. The van der Waals surface area contributed by atoms with Crippen molar-refractivity contribution in [3.8, 4) is 5.75 Å². The fraction of sp³-hybridized carbons (Fsp3) is 0.222. The molecule has 1 rings (SSSR count). The summed E-state index contributed by atoms with van der Waals surface area (Å²) in [5.74, 6) is 0.288. The SMILES string of the molecule is CN=C(C)c1ccccc1O. The molecule has 0 aromatic heterocycles. The molecule has 0 aliphatic heterocycles. The van der Waals surface area contributed by atoms with Gasteiger partial charge in [-0.2, -0.15) is 0 Å². The van der Waals surface area contributed by atoms with Crippen molar-refractivity contribution >= 4 is 5.71 Å². The van der Waals surface area contributed by atoms with E-state index in [4.69, 9.17) is 0 Å². The summed E-state index contributed by atoms with van der Waals surface area (Å²) >= 11 is 0. The first-order valence-corrected chi connectivity index (χ1v) is 3.47. The molecule has 2 heteroatoms. The van der Waals surface area contributed by atoms with Crippen LogP contribution in [0.25, 0.3) is 0 Å². The first-order chi connectivity index (χ1) is 5.25. The van der Waals surface area contributed by atoms with Crippen LogP contribution < -0.4 is 0 Å². The second kappa shape index (κ2) is 3.19. The Morgan fingerprint density at radius 2 is 2.00 bits per heavy atom. The van der Waals surface area contributed by atoms with Crippen molar-refractivity contribution in [1.29, 1.82) is 0 Å². The Labute approximate surface area is 66.2 Å². The molecule has 0 aliphatic rings. The average Bonchev–Trinajstić information content (AvgIpc) is 2.04. The summed E-state index contributed by atoms with van der Waals surface area (Å²) in [6, 6.07) is 7.17. The van der Waals surface area contributed by atoms with E-state index in [-0.39, 0.29) is 5.75 Å². The minimum absolute atomic E-state index is 0.288. The minimum atomic E-state index is 0.288. The van der Waals surface area contributed by atoms with E-state index in [1.165, 1.54) is 0 Å². The summed E-state index contributed by atoms with van der Waals surface area (Å²) in [6.45, 7) is 1.87. The highest BCUT2D eigenvalue weighted by molar-refractivity contribution is 6.00. The summed E-state index contributed by atoms with van der Waals surface area (Å²) in [5.41, 5.74) is 1.65. The Hall–Kier alpha value is -1.31. The Morgan fingerprint density at radius 1 is 1.36 bits per heavy atom. The van der Waals surface area contributed by atoms with Crippen LogP contribution in [0.3, 0.4) is 0 Å². The van der Waals surface area contributed by atoms with Gasteiger partial charge >= 0.3 is 0 Å². The zero-order valence-electron chi connectivity index (χ0n) is 6.70. The van der Waals surface area contributed by atoms with Crippen molar-refractivity contribution in [3.05, 3.63) is 29.8 Å². The molecule has 0 saturated heterocycles. The van der Waals surface area contributed by atoms with Gasteiger partial charge in [0.1, 0.15) is 5.75 Å². The van der Waals surface area contributed by atoms with E-state index in [0.717, 1.165) is 11.3 Å². The number of phenolic OH excluding ortho intramolecular Hbond substituents is 1. The molecule has 0 atom stereocenters. The highest BCUT2D eigenvalue weighted by atomic mass is 16.3. The molecule has 58 valence electrons. The van der Waals surface area contributed by atoms with Crippen LogP contribution in [0.5, 0.6) is 5.75 Å². The number of benzene rings is 1. The van der Waals surface area contributed by atoms with Gasteiger partial charge in [0.25, 0.3) is 0 Å². The van der Waals surface area contributed by atoms with Crippen LogP contribution in [0.2, 0.25) is 0 Å². The number of aliphatic imine (C=N–C) groups is 1. The fourth-order valence-electron chi connectivity index (χ4n) is 0.900. The molecular formula is C9H11NO. The topological polar surface area (TPSA) is 32.6 Å². The molecule has 2 nitrogen and oxygen atoms in total. The van der Waals surface area contributed by atoms with E-state index >= 15 is 0 Å². The first kappa shape index (κ1) is 7.79. The van der Waals surface area contributed by atoms with Crippen LogP contribution in [-0.4, -0.2) is 17.9 Å². The third kappa shape index (κ3) is 1.58. The summed E-state index contributed by atoms with van der Waals surface area (Å²) < 4.78 is 0. The van der Waals surface area contributed by atoms with Gasteiger partial charge in [0, 0.05) is 18.3 Å². The predicted octanol–water partition coefficient (Wildman–Crippen LogP) is 1.83. The Balaban J connectivity index is 3.14. The summed E-state index contributed by atoms with van der Waals surface area (Å²) in [7, 11) is 1.71. The van der Waals surface area contributed by atoms with Crippen LogP contribution in [-0.2, 0) is 0 Å². The van der Waals surface area contributed by atoms with E-state index in [9.17, 15) is 5.11 Å². The van der Waals surface area contributed by atoms with Gasteiger partial charge < -0.3 is 5.11 Å². The smallest absolute Gasteiger partial charge is 0.124 e. The van der Waals surface area contributed by atoms with Crippen molar-refractivity contribution in [2.75, 3.05) is 7.05 Å². The number of phenols is 1. The fourth-order valence-corrected chi connectivity index (χ4v) is 0.900. The van der Waals surface area contributed by atoms with E-state index in [1.807, 2.05) is 19.1 Å². The van der Waals surface area contributed by atoms with Crippen molar-refractivity contribution in [2.45, 2.75) is 6.92 Å². The molecule has 1 aromatic carbocycles. The van der Waals surface area contributed by atoms with Crippen molar-refractivity contribution in [3.63, 3.8) is 0 Å². The van der Waals surface area contributed by atoms with Crippen LogP contribution >= 0.6 is 0 Å². The normalized spacial score (nSPS) is 11.6. The monoisotopic (exact) mass is 149 g/mol. The molecule has 0 unspecified atom stereocenters. The number of hydrogen-bond donors (Lipinski definition) is 1. The minimum Gasteiger partial charge on any atom is -0.507 e. The highest BCUT2D eigenvalue weighted by Gasteiger charge is 2.00. The van der Waals surface area contributed by atoms with Crippen molar-refractivity contribution in [1.82, 2.24) is 0 Å². The number of para-hydroxylation sites is 1. The lowest BCUT2D eigenvalue weighted by atomic mass is 10.1.